The Morgan fingerprint density at radius 2 is 2.03 bits per heavy atom. The number of allylic oxidation sites excluding steroid dienone is 1. The Labute approximate surface area is 183 Å². The fraction of sp³-hybridized carbons (Fsp3) is 0.731. The second-order valence-corrected chi connectivity index (χ2v) is 10.0. The van der Waals surface area contributed by atoms with E-state index in [9.17, 15) is 4.79 Å². The number of furan rings is 1. The average molecular weight is 415 g/mol. The van der Waals surface area contributed by atoms with Crippen molar-refractivity contribution >= 4 is 5.91 Å². The van der Waals surface area contributed by atoms with Gasteiger partial charge in [0.15, 0.2) is 0 Å². The van der Waals surface area contributed by atoms with Gasteiger partial charge in [0.2, 0.25) is 5.91 Å². The third-order valence-corrected chi connectivity index (χ3v) is 8.57. The van der Waals surface area contributed by atoms with Crippen LogP contribution >= 0.6 is 0 Å². The van der Waals surface area contributed by atoms with Crippen LogP contribution in [0.3, 0.4) is 0 Å². The summed E-state index contributed by atoms with van der Waals surface area (Å²) < 4.78 is 5.86. The highest BCUT2D eigenvalue weighted by atomic mass is 16.3. The Morgan fingerprint density at radius 3 is 2.70 bits per heavy atom. The Bertz CT molecular complexity index is 750. The highest BCUT2D eigenvalue weighted by Gasteiger charge is 2.56. The zero-order valence-electron chi connectivity index (χ0n) is 19.9. The maximum atomic E-state index is 12.9. The normalized spacial score (nSPS) is 31.6. The lowest BCUT2D eigenvalue weighted by Crippen LogP contribution is -2.55. The van der Waals surface area contributed by atoms with E-state index < -0.39 is 0 Å². The van der Waals surface area contributed by atoms with Crippen molar-refractivity contribution < 1.29 is 9.21 Å². The molecule has 4 atom stereocenters. The minimum atomic E-state index is -0.260. The second kappa shape index (κ2) is 9.30. The van der Waals surface area contributed by atoms with Crippen molar-refractivity contribution in [2.45, 2.75) is 79.2 Å². The molecule has 1 heterocycles. The summed E-state index contributed by atoms with van der Waals surface area (Å²) in [5, 5.41) is 2.96. The van der Waals surface area contributed by atoms with E-state index >= 15 is 0 Å². The number of nitrogens with one attached hydrogen (secondary N) is 1. The summed E-state index contributed by atoms with van der Waals surface area (Å²) in [7, 11) is 1.79. The first-order valence-corrected chi connectivity index (χ1v) is 12.0. The summed E-state index contributed by atoms with van der Waals surface area (Å²) in [6, 6.07) is 2.15. The third kappa shape index (κ3) is 4.12. The first-order chi connectivity index (χ1) is 14.3. The Morgan fingerprint density at radius 1 is 1.30 bits per heavy atom. The maximum Gasteiger partial charge on any atom is 0.225 e. The lowest BCUT2D eigenvalue weighted by Gasteiger charge is -2.58. The average Bonchev–Trinajstić information content (AvgIpc) is 3.17. The van der Waals surface area contributed by atoms with Gasteiger partial charge in [0.05, 0.1) is 12.8 Å². The van der Waals surface area contributed by atoms with Crippen LogP contribution in [0.4, 0.5) is 0 Å². The number of nitrogens with zero attached hydrogens (tertiary/aromatic N) is 1. The van der Waals surface area contributed by atoms with Gasteiger partial charge in [-0.25, -0.2) is 0 Å². The first-order valence-electron chi connectivity index (χ1n) is 12.0. The highest BCUT2D eigenvalue weighted by molar-refractivity contribution is 5.82. The molecule has 30 heavy (non-hydrogen) atoms. The van der Waals surface area contributed by atoms with Crippen LogP contribution in [-0.4, -0.2) is 30.9 Å². The van der Waals surface area contributed by atoms with Gasteiger partial charge in [-0.1, -0.05) is 46.3 Å². The van der Waals surface area contributed by atoms with Gasteiger partial charge < -0.3 is 9.73 Å². The van der Waals surface area contributed by atoms with Gasteiger partial charge in [0.25, 0.3) is 0 Å². The standard InChI is InChI=1S/C26H42N2O2/c1-7-28(8-2)18-22-20(14-17-30-22)11-12-21-19(3)10-13-23-25(21,4)15-9-16-26(23,5)24(29)27-6/h14,17,21,23H,3,7-13,15-16,18H2,1-2,4-6H3,(H,27,29)/t21-,23?,25+,26-/m0/s1. The van der Waals surface area contributed by atoms with Crippen LogP contribution in [0.5, 0.6) is 0 Å². The van der Waals surface area contributed by atoms with Gasteiger partial charge in [0.1, 0.15) is 5.76 Å². The summed E-state index contributed by atoms with van der Waals surface area (Å²) in [6.07, 6.45) is 9.44. The second-order valence-electron chi connectivity index (χ2n) is 10.0. The van der Waals surface area contributed by atoms with Crippen LogP contribution in [0.1, 0.15) is 77.5 Å². The van der Waals surface area contributed by atoms with E-state index in [1.165, 1.54) is 17.6 Å². The molecule has 1 aromatic rings. The Kier molecular flexibility index (Phi) is 7.16. The topological polar surface area (TPSA) is 45.5 Å². The van der Waals surface area contributed by atoms with Gasteiger partial charge in [-0.05, 0) is 80.5 Å². The number of fused-ring (bicyclic) bond motifs is 1. The fourth-order valence-corrected chi connectivity index (χ4v) is 6.72. The van der Waals surface area contributed by atoms with Crippen LogP contribution in [-0.2, 0) is 17.8 Å². The smallest absolute Gasteiger partial charge is 0.225 e. The van der Waals surface area contributed by atoms with Crippen molar-refractivity contribution in [1.82, 2.24) is 10.2 Å². The molecule has 2 aliphatic carbocycles. The molecule has 4 heteroatoms. The molecular formula is C26H42N2O2. The van der Waals surface area contributed by atoms with Gasteiger partial charge >= 0.3 is 0 Å². The Balaban J connectivity index is 1.78. The number of rotatable bonds is 8. The molecule has 0 bridgehead atoms. The van der Waals surface area contributed by atoms with E-state index in [0.29, 0.717) is 11.8 Å². The van der Waals surface area contributed by atoms with Crippen molar-refractivity contribution in [1.29, 1.82) is 0 Å². The zero-order chi connectivity index (χ0) is 21.9. The van der Waals surface area contributed by atoms with Crippen molar-refractivity contribution in [3.05, 3.63) is 35.8 Å². The molecule has 0 saturated heterocycles. The highest BCUT2D eigenvalue weighted by Crippen LogP contribution is 2.61. The molecule has 168 valence electrons. The van der Waals surface area contributed by atoms with Gasteiger partial charge in [-0.15, -0.1) is 0 Å². The summed E-state index contributed by atoms with van der Waals surface area (Å²) in [4.78, 5) is 15.3. The van der Waals surface area contributed by atoms with Crippen molar-refractivity contribution in [3.8, 4) is 0 Å². The Hall–Kier alpha value is -1.55. The molecule has 2 saturated carbocycles. The molecule has 0 aromatic carbocycles. The van der Waals surface area contributed by atoms with Crippen LogP contribution in [0, 0.1) is 22.7 Å². The number of hydrogen-bond donors (Lipinski definition) is 1. The summed E-state index contributed by atoms with van der Waals surface area (Å²) in [5.41, 5.74) is 2.62. The van der Waals surface area contributed by atoms with Gasteiger partial charge in [0, 0.05) is 12.5 Å². The maximum absolute atomic E-state index is 12.9. The molecule has 1 amide bonds. The molecule has 2 aliphatic rings. The number of hydrogen-bond acceptors (Lipinski definition) is 3. The molecule has 0 spiro atoms. The minimum absolute atomic E-state index is 0.150. The number of carbonyl (C=O) groups excluding carboxylic acids is 1. The molecule has 3 rings (SSSR count). The predicted octanol–water partition coefficient (Wildman–Crippen LogP) is 5.58. The molecule has 1 aromatic heterocycles. The van der Waals surface area contributed by atoms with Crippen LogP contribution in [0.15, 0.2) is 28.9 Å². The predicted molar refractivity (Wildman–Crippen MR) is 123 cm³/mol. The van der Waals surface area contributed by atoms with Gasteiger partial charge in [-0.3, -0.25) is 9.69 Å². The number of amides is 1. The zero-order valence-corrected chi connectivity index (χ0v) is 19.9. The fourth-order valence-electron chi connectivity index (χ4n) is 6.72. The summed E-state index contributed by atoms with van der Waals surface area (Å²) >= 11 is 0. The summed E-state index contributed by atoms with van der Waals surface area (Å²) in [5.74, 6) is 2.23. The van der Waals surface area contributed by atoms with Crippen molar-refractivity contribution in [2.24, 2.45) is 22.7 Å². The third-order valence-electron chi connectivity index (χ3n) is 8.57. The SMILES string of the molecule is C=C1CCC2[C@](C)(CCC[C@]2(C)C(=O)NC)[C@H]1CCc1ccoc1CN(CC)CC. The molecule has 4 nitrogen and oxygen atoms in total. The largest absolute Gasteiger partial charge is 0.468 e. The van der Waals surface area contributed by atoms with Gasteiger partial charge in [-0.2, -0.15) is 0 Å². The monoisotopic (exact) mass is 414 g/mol. The van der Waals surface area contributed by atoms with Crippen LogP contribution in [0.2, 0.25) is 0 Å². The minimum Gasteiger partial charge on any atom is -0.468 e. The first kappa shape index (κ1) is 23.1. The molecule has 1 unspecified atom stereocenters. The van der Waals surface area contributed by atoms with E-state index in [-0.39, 0.29) is 16.7 Å². The van der Waals surface area contributed by atoms with Crippen LogP contribution < -0.4 is 5.32 Å². The number of aryl methyl sites for hydroxylation is 1. The molecule has 0 aliphatic heterocycles. The van der Waals surface area contributed by atoms with Crippen LogP contribution in [0.25, 0.3) is 0 Å². The quantitative estimate of drug-likeness (QED) is 0.565. The summed E-state index contributed by atoms with van der Waals surface area (Å²) in [6.45, 7) is 16.5. The molecule has 0 radical (unpaired) electrons. The number of carbonyl (C=O) groups is 1. The lowest BCUT2D eigenvalue weighted by atomic mass is 9.46. The van der Waals surface area contributed by atoms with E-state index in [1.807, 2.05) is 6.26 Å². The van der Waals surface area contributed by atoms with Crippen molar-refractivity contribution in [3.63, 3.8) is 0 Å². The van der Waals surface area contributed by atoms with Crippen molar-refractivity contribution in [2.75, 3.05) is 20.1 Å². The van der Waals surface area contributed by atoms with E-state index in [2.05, 4.69) is 50.6 Å². The van der Waals surface area contributed by atoms with E-state index in [0.717, 1.165) is 63.9 Å². The van der Waals surface area contributed by atoms with E-state index in [1.54, 1.807) is 7.05 Å². The lowest BCUT2D eigenvalue weighted by molar-refractivity contribution is -0.145. The molecule has 2 fully saturated rings. The molecule has 1 N–H and O–H groups in total. The molecular weight excluding hydrogens is 372 g/mol. The van der Waals surface area contributed by atoms with E-state index in [4.69, 9.17) is 4.42 Å².